The quantitative estimate of drug-likeness (QED) is 0.0214. The number of carbonyl (C=O) groups is 2. The molecule has 0 fully saturated rings. The summed E-state index contributed by atoms with van der Waals surface area (Å²) in [5.41, 5.74) is 0. The maximum Gasteiger partial charge on any atom is 0.306 e. The summed E-state index contributed by atoms with van der Waals surface area (Å²) in [4.78, 5) is 37.5. The standard InChI is InChI=1S/C46H78NO9P/c1-6-7-8-9-10-11-12-13-15-19-22-25-28-31-34-37-45(49)53-41-44(42-55-57(51,52)54-40-39-47(3,4)5)56-46(50)38-35-32-29-26-23-20-17-14-16-18-21-24-27-30-33-36-43(2)48/h10-11,13,15-18,20,22,24-27,29,43-44,48H,6-9,12,14,19,21,23,28,30-42H2,1-5H3/b11-10-,15-13-,18-16-,20-17-,25-22-,27-24-,29-26-/t43-,44+/m0/s1. The van der Waals surface area contributed by atoms with Crippen LogP contribution in [-0.4, -0.2) is 81.2 Å². The minimum atomic E-state index is -4.66. The molecule has 0 amide bonds. The van der Waals surface area contributed by atoms with Gasteiger partial charge in [0.25, 0.3) is 7.82 Å². The molecule has 0 radical (unpaired) electrons. The van der Waals surface area contributed by atoms with Crippen LogP contribution in [0.25, 0.3) is 0 Å². The number of hydrogen-bond acceptors (Lipinski definition) is 9. The lowest BCUT2D eigenvalue weighted by Crippen LogP contribution is -2.37. The van der Waals surface area contributed by atoms with Crippen molar-refractivity contribution in [3.8, 4) is 0 Å². The van der Waals surface area contributed by atoms with Crippen LogP contribution in [0.3, 0.4) is 0 Å². The monoisotopic (exact) mass is 820 g/mol. The lowest BCUT2D eigenvalue weighted by Gasteiger charge is -2.28. The number of aliphatic hydroxyl groups excluding tert-OH is 1. The first-order chi connectivity index (χ1) is 27.3. The smallest absolute Gasteiger partial charge is 0.306 e. The number of phosphoric acid groups is 1. The zero-order chi connectivity index (χ0) is 42.3. The molecule has 326 valence electrons. The maximum atomic E-state index is 12.6. The summed E-state index contributed by atoms with van der Waals surface area (Å²) in [6.07, 6.45) is 44.7. The van der Waals surface area contributed by atoms with Crippen LogP contribution in [0.15, 0.2) is 85.1 Å². The Balaban J connectivity index is 4.57. The zero-order valence-corrected chi connectivity index (χ0v) is 37.0. The van der Waals surface area contributed by atoms with Gasteiger partial charge in [0.05, 0.1) is 33.9 Å². The number of allylic oxidation sites excluding steroid dienone is 14. The highest BCUT2D eigenvalue weighted by Crippen LogP contribution is 2.38. The highest BCUT2D eigenvalue weighted by Gasteiger charge is 2.21. The summed E-state index contributed by atoms with van der Waals surface area (Å²) in [6.45, 7) is 3.60. The van der Waals surface area contributed by atoms with Crippen molar-refractivity contribution < 1.29 is 47.2 Å². The predicted molar refractivity (Wildman–Crippen MR) is 232 cm³/mol. The molecule has 0 saturated carbocycles. The van der Waals surface area contributed by atoms with E-state index in [2.05, 4.69) is 79.8 Å². The molecule has 0 heterocycles. The highest BCUT2D eigenvalue weighted by molar-refractivity contribution is 7.45. The maximum absolute atomic E-state index is 12.6. The SMILES string of the molecule is CCCCC/C=C\C/C=C\C/C=C\CCCCC(=O)OC[C@H](COP(=O)([O-])OCC[N+](C)(C)C)OC(=O)CCC/C=C\C/C=C\C/C=C\C/C=C\CCC[C@H](C)O. The van der Waals surface area contributed by atoms with Gasteiger partial charge in [0.1, 0.15) is 19.8 Å². The van der Waals surface area contributed by atoms with Gasteiger partial charge in [-0.15, -0.1) is 0 Å². The fraction of sp³-hybridized carbons (Fsp3) is 0.652. The molecule has 0 aromatic carbocycles. The van der Waals surface area contributed by atoms with Gasteiger partial charge in [0, 0.05) is 12.8 Å². The fourth-order valence-electron chi connectivity index (χ4n) is 5.02. The third-order valence-corrected chi connectivity index (χ3v) is 9.37. The summed E-state index contributed by atoms with van der Waals surface area (Å²) >= 11 is 0. The second-order valence-corrected chi connectivity index (χ2v) is 16.7. The number of ether oxygens (including phenoxy) is 2. The van der Waals surface area contributed by atoms with E-state index in [9.17, 15) is 24.2 Å². The van der Waals surface area contributed by atoms with Crippen molar-refractivity contribution in [1.29, 1.82) is 0 Å². The van der Waals surface area contributed by atoms with Crippen molar-refractivity contribution in [2.75, 3.05) is 47.5 Å². The second-order valence-electron chi connectivity index (χ2n) is 15.3. The van der Waals surface area contributed by atoms with Crippen LogP contribution in [0, 0.1) is 0 Å². The molecule has 0 spiro atoms. The molecule has 11 heteroatoms. The zero-order valence-electron chi connectivity index (χ0n) is 36.1. The summed E-state index contributed by atoms with van der Waals surface area (Å²) < 4.78 is 33.7. The summed E-state index contributed by atoms with van der Waals surface area (Å²) in [5.74, 6) is -0.972. The van der Waals surface area contributed by atoms with Crippen molar-refractivity contribution in [3.05, 3.63) is 85.1 Å². The molecule has 1 unspecified atom stereocenters. The van der Waals surface area contributed by atoms with E-state index in [1.807, 2.05) is 40.2 Å². The van der Waals surface area contributed by atoms with Gasteiger partial charge in [0.2, 0.25) is 0 Å². The molecule has 0 saturated heterocycles. The van der Waals surface area contributed by atoms with Crippen molar-refractivity contribution in [2.24, 2.45) is 0 Å². The Hall–Kier alpha value is -2.85. The first-order valence-electron chi connectivity index (χ1n) is 21.3. The Bertz CT molecular complexity index is 1260. The van der Waals surface area contributed by atoms with E-state index in [1.54, 1.807) is 0 Å². The first kappa shape index (κ1) is 54.2. The summed E-state index contributed by atoms with van der Waals surface area (Å²) in [5, 5.41) is 9.27. The van der Waals surface area contributed by atoms with Crippen molar-refractivity contribution in [3.63, 3.8) is 0 Å². The van der Waals surface area contributed by atoms with Gasteiger partial charge in [-0.1, -0.05) is 105 Å². The van der Waals surface area contributed by atoms with Crippen LogP contribution in [0.2, 0.25) is 0 Å². The number of phosphoric ester groups is 1. The Morgan fingerprint density at radius 2 is 1.09 bits per heavy atom. The van der Waals surface area contributed by atoms with Crippen molar-refractivity contribution in [2.45, 2.75) is 148 Å². The molecule has 0 aliphatic rings. The van der Waals surface area contributed by atoms with Crippen molar-refractivity contribution in [1.82, 2.24) is 0 Å². The van der Waals surface area contributed by atoms with E-state index in [0.29, 0.717) is 30.3 Å². The molecule has 0 bridgehead atoms. The van der Waals surface area contributed by atoms with Crippen molar-refractivity contribution >= 4 is 19.8 Å². The minimum Gasteiger partial charge on any atom is -0.756 e. The van der Waals surface area contributed by atoms with E-state index in [1.165, 1.54) is 19.3 Å². The van der Waals surface area contributed by atoms with Gasteiger partial charge in [-0.2, -0.15) is 0 Å². The van der Waals surface area contributed by atoms with Crippen LogP contribution in [-0.2, 0) is 32.7 Å². The van der Waals surface area contributed by atoms with Gasteiger partial charge in [-0.3, -0.25) is 14.2 Å². The average Bonchev–Trinajstić information content (AvgIpc) is 3.14. The Kier molecular flexibility index (Phi) is 35.6. The highest BCUT2D eigenvalue weighted by atomic mass is 31.2. The van der Waals surface area contributed by atoms with Crippen LogP contribution in [0.5, 0.6) is 0 Å². The number of hydrogen-bond donors (Lipinski definition) is 1. The van der Waals surface area contributed by atoms with Crippen LogP contribution in [0.4, 0.5) is 0 Å². The Morgan fingerprint density at radius 1 is 0.632 bits per heavy atom. The van der Waals surface area contributed by atoms with E-state index in [-0.39, 0.29) is 32.2 Å². The molecule has 0 rings (SSSR count). The van der Waals surface area contributed by atoms with Gasteiger partial charge in [0.15, 0.2) is 6.10 Å². The molecular weight excluding hydrogens is 741 g/mol. The largest absolute Gasteiger partial charge is 0.756 e. The topological polar surface area (TPSA) is 131 Å². The van der Waals surface area contributed by atoms with E-state index in [0.717, 1.165) is 70.6 Å². The van der Waals surface area contributed by atoms with Gasteiger partial charge >= 0.3 is 11.9 Å². The number of rotatable bonds is 37. The van der Waals surface area contributed by atoms with Gasteiger partial charge < -0.3 is 33.0 Å². The first-order valence-corrected chi connectivity index (χ1v) is 22.8. The van der Waals surface area contributed by atoms with Crippen LogP contribution in [0.1, 0.15) is 136 Å². The third kappa shape index (κ3) is 42.6. The van der Waals surface area contributed by atoms with Crippen LogP contribution < -0.4 is 4.89 Å². The van der Waals surface area contributed by atoms with E-state index in [4.69, 9.17) is 18.5 Å². The molecule has 10 nitrogen and oxygen atoms in total. The number of carbonyl (C=O) groups excluding carboxylic acids is 2. The number of esters is 2. The molecule has 57 heavy (non-hydrogen) atoms. The number of aliphatic hydroxyl groups is 1. The predicted octanol–water partition coefficient (Wildman–Crippen LogP) is 10.4. The lowest BCUT2D eigenvalue weighted by molar-refractivity contribution is -0.870. The number of quaternary nitrogens is 1. The molecule has 0 aromatic rings. The number of likely N-dealkylation sites (N-methyl/N-ethyl adjacent to an activating group) is 1. The van der Waals surface area contributed by atoms with Crippen LogP contribution >= 0.6 is 7.82 Å². The molecule has 0 aromatic heterocycles. The van der Waals surface area contributed by atoms with E-state index < -0.39 is 32.5 Å². The summed E-state index contributed by atoms with van der Waals surface area (Å²) in [7, 11) is 1.07. The second kappa shape index (κ2) is 37.4. The normalized spacial score (nSPS) is 15.0. The average molecular weight is 820 g/mol. The number of unbranched alkanes of at least 4 members (excludes halogenated alkanes) is 7. The van der Waals surface area contributed by atoms with Gasteiger partial charge in [-0.25, -0.2) is 0 Å². The fourth-order valence-corrected chi connectivity index (χ4v) is 5.75. The molecule has 1 N–H and O–H groups in total. The Morgan fingerprint density at radius 3 is 1.58 bits per heavy atom. The summed E-state index contributed by atoms with van der Waals surface area (Å²) in [6, 6.07) is 0. The molecule has 0 aliphatic heterocycles. The van der Waals surface area contributed by atoms with Gasteiger partial charge in [-0.05, 0) is 103 Å². The molecule has 0 aliphatic carbocycles. The third-order valence-electron chi connectivity index (χ3n) is 8.41. The molecule has 3 atom stereocenters. The Labute approximate surface area is 346 Å². The number of nitrogens with zero attached hydrogens (tertiary/aromatic N) is 1. The molecular formula is C46H78NO9P. The minimum absolute atomic E-state index is 0.0576. The lowest BCUT2D eigenvalue weighted by atomic mass is 10.1. The van der Waals surface area contributed by atoms with E-state index >= 15 is 0 Å².